The van der Waals surface area contributed by atoms with Gasteiger partial charge in [-0.25, -0.2) is 4.79 Å². The van der Waals surface area contributed by atoms with Crippen LogP contribution < -0.4 is 4.74 Å². The van der Waals surface area contributed by atoms with Crippen LogP contribution >= 0.6 is 0 Å². The first-order chi connectivity index (χ1) is 10.0. The maximum atomic E-state index is 11.0. The second-order valence-electron chi connectivity index (χ2n) is 4.27. The highest BCUT2D eigenvalue weighted by molar-refractivity contribution is 5.87. The fourth-order valence-electron chi connectivity index (χ4n) is 1.90. The van der Waals surface area contributed by atoms with Crippen molar-refractivity contribution >= 4 is 22.4 Å². The van der Waals surface area contributed by atoms with Crippen molar-refractivity contribution in [2.75, 3.05) is 13.7 Å². The summed E-state index contributed by atoms with van der Waals surface area (Å²) in [6, 6.07) is 7.81. The Bertz CT molecular complexity index is 697. The van der Waals surface area contributed by atoms with E-state index in [0.29, 0.717) is 16.5 Å². The van der Waals surface area contributed by atoms with E-state index >= 15 is 0 Å². The molecular weight excluding hydrogens is 278 g/mol. The standard InChI is InChI=1S/C14H13NO6/c1-20-14(17)8-21-12-3-2-9-6-13(15(18)19)11(7-16)4-10(9)5-12/h2-6,16H,7-8H2,1H3. The van der Waals surface area contributed by atoms with Crippen LogP contribution in [0.2, 0.25) is 0 Å². The zero-order valence-electron chi connectivity index (χ0n) is 11.2. The van der Waals surface area contributed by atoms with Gasteiger partial charge in [-0.05, 0) is 29.0 Å². The van der Waals surface area contributed by atoms with Crippen LogP contribution in [0, 0.1) is 10.1 Å². The van der Waals surface area contributed by atoms with E-state index in [1.807, 2.05) is 0 Å². The highest BCUT2D eigenvalue weighted by atomic mass is 16.6. The van der Waals surface area contributed by atoms with Gasteiger partial charge in [-0.15, -0.1) is 0 Å². The SMILES string of the molecule is COC(=O)COc1ccc2cc([N+](=O)[O-])c(CO)cc2c1. The van der Waals surface area contributed by atoms with Crippen molar-refractivity contribution < 1.29 is 24.3 Å². The lowest BCUT2D eigenvalue weighted by Crippen LogP contribution is -2.12. The third kappa shape index (κ3) is 3.26. The van der Waals surface area contributed by atoms with Gasteiger partial charge in [-0.2, -0.15) is 0 Å². The number of aliphatic hydroxyl groups is 1. The Balaban J connectivity index is 2.36. The first-order valence-corrected chi connectivity index (χ1v) is 6.06. The van der Waals surface area contributed by atoms with Gasteiger partial charge in [-0.3, -0.25) is 10.1 Å². The highest BCUT2D eigenvalue weighted by Crippen LogP contribution is 2.28. The Morgan fingerprint density at radius 2 is 2.05 bits per heavy atom. The van der Waals surface area contributed by atoms with Gasteiger partial charge >= 0.3 is 5.97 Å². The molecule has 0 heterocycles. The number of methoxy groups -OCH3 is 1. The summed E-state index contributed by atoms with van der Waals surface area (Å²) < 4.78 is 9.71. The second-order valence-corrected chi connectivity index (χ2v) is 4.27. The molecular formula is C14H13NO6. The Morgan fingerprint density at radius 1 is 1.29 bits per heavy atom. The molecule has 21 heavy (non-hydrogen) atoms. The summed E-state index contributed by atoms with van der Waals surface area (Å²) in [6.07, 6.45) is 0. The minimum Gasteiger partial charge on any atom is -0.482 e. The second kappa shape index (κ2) is 6.19. The van der Waals surface area contributed by atoms with E-state index < -0.39 is 17.5 Å². The molecule has 0 aliphatic rings. The molecule has 0 fully saturated rings. The third-order valence-corrected chi connectivity index (χ3v) is 2.96. The van der Waals surface area contributed by atoms with E-state index in [1.54, 1.807) is 18.2 Å². The van der Waals surface area contributed by atoms with Crippen molar-refractivity contribution in [1.82, 2.24) is 0 Å². The molecule has 0 atom stereocenters. The van der Waals surface area contributed by atoms with Crippen LogP contribution in [0.1, 0.15) is 5.56 Å². The molecule has 2 aromatic rings. The molecule has 7 heteroatoms. The predicted octanol–water partition coefficient (Wildman–Crippen LogP) is 1.79. The van der Waals surface area contributed by atoms with E-state index in [1.165, 1.54) is 19.2 Å². The highest BCUT2D eigenvalue weighted by Gasteiger charge is 2.14. The third-order valence-electron chi connectivity index (χ3n) is 2.96. The Hall–Kier alpha value is -2.67. The first-order valence-electron chi connectivity index (χ1n) is 6.06. The summed E-state index contributed by atoms with van der Waals surface area (Å²) in [5, 5.41) is 21.4. The monoisotopic (exact) mass is 291 g/mol. The van der Waals surface area contributed by atoms with Crippen molar-refractivity contribution in [3.63, 3.8) is 0 Å². The van der Waals surface area contributed by atoms with Crippen LogP contribution in [0.25, 0.3) is 10.8 Å². The zero-order valence-corrected chi connectivity index (χ0v) is 11.2. The van der Waals surface area contributed by atoms with Gasteiger partial charge in [-0.1, -0.05) is 6.07 Å². The summed E-state index contributed by atoms with van der Waals surface area (Å²) >= 11 is 0. The maximum Gasteiger partial charge on any atom is 0.343 e. The van der Waals surface area contributed by atoms with Crippen molar-refractivity contribution in [1.29, 1.82) is 0 Å². The maximum absolute atomic E-state index is 11.0. The average Bonchev–Trinajstić information content (AvgIpc) is 2.50. The minimum absolute atomic E-state index is 0.131. The normalized spacial score (nSPS) is 10.4. The Labute approximate surface area is 119 Å². The number of hydrogen-bond donors (Lipinski definition) is 1. The summed E-state index contributed by atoms with van der Waals surface area (Å²) in [7, 11) is 1.26. The van der Waals surface area contributed by atoms with Crippen LogP contribution in [0.15, 0.2) is 30.3 Å². The van der Waals surface area contributed by atoms with E-state index in [0.717, 1.165) is 0 Å². The molecule has 0 spiro atoms. The number of aliphatic hydroxyl groups excluding tert-OH is 1. The lowest BCUT2D eigenvalue weighted by molar-refractivity contribution is -0.385. The average molecular weight is 291 g/mol. The molecule has 0 amide bonds. The number of benzene rings is 2. The minimum atomic E-state index is -0.535. The summed E-state index contributed by atoms with van der Waals surface area (Å²) in [6.45, 7) is -0.651. The van der Waals surface area contributed by atoms with Crippen molar-refractivity contribution in [3.05, 3.63) is 46.0 Å². The molecule has 0 aliphatic heterocycles. The van der Waals surface area contributed by atoms with Crippen LogP contribution in [0.5, 0.6) is 5.75 Å². The van der Waals surface area contributed by atoms with Gasteiger partial charge in [0.1, 0.15) is 5.75 Å². The number of ether oxygens (including phenoxy) is 2. The summed E-state index contributed by atoms with van der Waals surface area (Å²) in [5.74, 6) is -0.0690. The van der Waals surface area contributed by atoms with E-state index in [-0.39, 0.29) is 17.9 Å². The number of carbonyl (C=O) groups excluding carboxylic acids is 1. The molecule has 1 N–H and O–H groups in total. The topological polar surface area (TPSA) is 98.9 Å². The number of hydrogen-bond acceptors (Lipinski definition) is 6. The van der Waals surface area contributed by atoms with Gasteiger partial charge in [0.2, 0.25) is 0 Å². The lowest BCUT2D eigenvalue weighted by Gasteiger charge is -2.07. The summed E-state index contributed by atoms with van der Waals surface area (Å²) in [4.78, 5) is 21.4. The zero-order chi connectivity index (χ0) is 15.4. The predicted molar refractivity (Wildman–Crippen MR) is 74.0 cm³/mol. The van der Waals surface area contributed by atoms with E-state index in [9.17, 15) is 20.0 Å². The molecule has 2 rings (SSSR count). The molecule has 0 aromatic heterocycles. The fraction of sp³-hybridized carbons (Fsp3) is 0.214. The van der Waals surface area contributed by atoms with Crippen LogP contribution in [-0.4, -0.2) is 29.7 Å². The molecule has 2 aromatic carbocycles. The largest absolute Gasteiger partial charge is 0.482 e. The number of nitrogens with zero attached hydrogens (tertiary/aromatic N) is 1. The number of fused-ring (bicyclic) bond motifs is 1. The van der Waals surface area contributed by atoms with Gasteiger partial charge in [0.05, 0.1) is 24.2 Å². The van der Waals surface area contributed by atoms with Crippen LogP contribution in [-0.2, 0) is 16.1 Å². The Morgan fingerprint density at radius 3 is 2.67 bits per heavy atom. The summed E-state index contributed by atoms with van der Waals surface area (Å²) in [5.41, 5.74) is 0.0887. The number of rotatable bonds is 5. The molecule has 0 aliphatic carbocycles. The lowest BCUT2D eigenvalue weighted by atomic mass is 10.1. The fourth-order valence-corrected chi connectivity index (χ4v) is 1.90. The first kappa shape index (κ1) is 14.7. The smallest absolute Gasteiger partial charge is 0.343 e. The van der Waals surface area contributed by atoms with Crippen LogP contribution in [0.3, 0.4) is 0 Å². The quantitative estimate of drug-likeness (QED) is 0.512. The van der Waals surface area contributed by atoms with Gasteiger partial charge in [0.25, 0.3) is 5.69 Å². The molecule has 0 saturated heterocycles. The molecule has 110 valence electrons. The van der Waals surface area contributed by atoms with E-state index in [2.05, 4.69) is 4.74 Å². The van der Waals surface area contributed by atoms with Crippen molar-refractivity contribution in [2.45, 2.75) is 6.61 Å². The van der Waals surface area contributed by atoms with Crippen molar-refractivity contribution in [2.24, 2.45) is 0 Å². The number of nitro groups is 1. The van der Waals surface area contributed by atoms with Crippen molar-refractivity contribution in [3.8, 4) is 5.75 Å². The van der Waals surface area contributed by atoms with Gasteiger partial charge in [0.15, 0.2) is 6.61 Å². The molecule has 7 nitrogen and oxygen atoms in total. The van der Waals surface area contributed by atoms with Gasteiger partial charge in [0, 0.05) is 6.07 Å². The number of esters is 1. The Kier molecular flexibility index (Phi) is 4.34. The number of nitro benzene ring substituents is 1. The number of carbonyl (C=O) groups is 1. The molecule has 0 bridgehead atoms. The van der Waals surface area contributed by atoms with Crippen LogP contribution in [0.4, 0.5) is 5.69 Å². The molecule has 0 saturated carbocycles. The molecule has 0 radical (unpaired) electrons. The van der Waals surface area contributed by atoms with Gasteiger partial charge < -0.3 is 14.6 Å². The molecule has 0 unspecified atom stereocenters. The van der Waals surface area contributed by atoms with E-state index in [4.69, 9.17) is 4.74 Å².